The van der Waals surface area contributed by atoms with Crippen LogP contribution in [0.2, 0.25) is 5.02 Å². The van der Waals surface area contributed by atoms with E-state index in [1.807, 2.05) is 12.1 Å². The third-order valence-corrected chi connectivity index (χ3v) is 11.0. The molecule has 1 spiro atoms. The number of anilines is 1. The number of amides is 1. The Morgan fingerprint density at radius 3 is 2.70 bits per heavy atom. The molecule has 2 bridgehead atoms. The third-order valence-electron chi connectivity index (χ3n) is 9.34. The molecule has 4 aliphatic rings. The van der Waals surface area contributed by atoms with Gasteiger partial charge in [0.25, 0.3) is 5.91 Å². The molecule has 1 fully saturated rings. The number of carbonyl (C=O) groups excluding carboxylic acids is 1. The van der Waals surface area contributed by atoms with Gasteiger partial charge in [-0.1, -0.05) is 23.8 Å². The normalized spacial score (nSPS) is 29.0. The van der Waals surface area contributed by atoms with Crippen molar-refractivity contribution < 1.29 is 23.1 Å². The molecule has 3 atom stereocenters. The van der Waals surface area contributed by atoms with Gasteiger partial charge in [0.1, 0.15) is 11.5 Å². The molecule has 0 unspecified atom stereocenters. The smallest absolute Gasteiger partial charge is 0.264 e. The first-order valence-electron chi connectivity index (χ1n) is 14.5. The Bertz CT molecular complexity index is 1440. The highest BCUT2D eigenvalue weighted by Gasteiger charge is 2.43. The number of phenolic OH excluding ortho intramolecular Hbond substituents is 1. The van der Waals surface area contributed by atoms with E-state index in [1.54, 1.807) is 18.2 Å². The molecule has 6 rings (SSSR count). The van der Waals surface area contributed by atoms with E-state index in [2.05, 4.69) is 21.8 Å². The summed E-state index contributed by atoms with van der Waals surface area (Å²) in [5.74, 6) is 1.24. The summed E-state index contributed by atoms with van der Waals surface area (Å²) in [6.45, 7) is 1.97. The maximum Gasteiger partial charge on any atom is 0.264 e. The number of carbonyl (C=O) groups is 1. The fourth-order valence-corrected chi connectivity index (χ4v) is 8.24. The average Bonchev–Trinajstić information content (AvgIpc) is 3.05. The van der Waals surface area contributed by atoms with Crippen molar-refractivity contribution in [2.24, 2.45) is 11.8 Å². The predicted octanol–water partition coefficient (Wildman–Crippen LogP) is 5.73. The summed E-state index contributed by atoms with van der Waals surface area (Å²) in [5.41, 5.74) is 3.00. The molecule has 2 N–H and O–H groups in total. The molecule has 0 saturated heterocycles. The number of aryl methyl sites for hydroxylation is 1. The fraction of sp³-hybridized carbons (Fsp3) is 0.516. The van der Waals surface area contributed by atoms with E-state index in [-0.39, 0.29) is 16.9 Å². The lowest BCUT2D eigenvalue weighted by Crippen LogP contribution is -2.48. The molecular formula is C31H37ClN2O5S. The summed E-state index contributed by atoms with van der Waals surface area (Å²) >= 11 is 6.30. The van der Waals surface area contributed by atoms with Crippen LogP contribution in [0.3, 0.4) is 0 Å². The number of rotatable bonds is 0. The Kier molecular flexibility index (Phi) is 7.51. The van der Waals surface area contributed by atoms with Gasteiger partial charge in [-0.15, -0.1) is 0 Å². The van der Waals surface area contributed by atoms with Crippen LogP contribution in [0.25, 0.3) is 0 Å². The summed E-state index contributed by atoms with van der Waals surface area (Å²) in [6, 6.07) is 8.93. The van der Waals surface area contributed by atoms with E-state index in [4.69, 9.17) is 16.3 Å². The minimum Gasteiger partial charge on any atom is -0.506 e. The highest BCUT2D eigenvalue weighted by molar-refractivity contribution is 7.90. The van der Waals surface area contributed by atoms with Gasteiger partial charge in [0.2, 0.25) is 10.0 Å². The largest absolute Gasteiger partial charge is 0.506 e. The van der Waals surface area contributed by atoms with Gasteiger partial charge < -0.3 is 14.7 Å². The zero-order valence-corrected chi connectivity index (χ0v) is 24.3. The summed E-state index contributed by atoms with van der Waals surface area (Å²) in [7, 11) is -3.74. The van der Waals surface area contributed by atoms with Crippen LogP contribution in [0.1, 0.15) is 72.9 Å². The van der Waals surface area contributed by atoms with Crippen molar-refractivity contribution in [2.75, 3.05) is 30.3 Å². The third kappa shape index (κ3) is 5.45. The number of hydrogen-bond donors (Lipinski definition) is 2. The molecule has 2 aromatic rings. The number of benzene rings is 2. The number of nitrogens with one attached hydrogen (secondary N) is 1. The number of phenols is 1. The number of hydrogen-bond acceptors (Lipinski definition) is 6. The summed E-state index contributed by atoms with van der Waals surface area (Å²) in [4.78, 5) is 15.5. The van der Waals surface area contributed by atoms with Gasteiger partial charge in [-0.25, -0.2) is 13.1 Å². The van der Waals surface area contributed by atoms with E-state index in [0.717, 1.165) is 55.5 Å². The van der Waals surface area contributed by atoms with Crippen molar-refractivity contribution >= 4 is 33.2 Å². The number of ether oxygens (including phenoxy) is 1. The van der Waals surface area contributed by atoms with Crippen molar-refractivity contribution in [3.8, 4) is 11.5 Å². The van der Waals surface area contributed by atoms with Crippen LogP contribution in [0.5, 0.6) is 11.5 Å². The van der Waals surface area contributed by atoms with Gasteiger partial charge >= 0.3 is 0 Å². The number of sulfonamides is 1. The molecule has 2 aromatic carbocycles. The molecule has 0 radical (unpaired) electrons. The molecule has 40 heavy (non-hydrogen) atoms. The lowest BCUT2D eigenvalue weighted by atomic mass is 9.68. The van der Waals surface area contributed by atoms with Crippen LogP contribution < -0.4 is 14.4 Å². The van der Waals surface area contributed by atoms with Crippen LogP contribution in [0, 0.1) is 11.8 Å². The predicted molar refractivity (Wildman–Crippen MR) is 157 cm³/mol. The maximum atomic E-state index is 13.1. The average molecular weight is 585 g/mol. The minimum atomic E-state index is -3.74. The molecule has 9 heteroatoms. The second-order valence-electron chi connectivity index (χ2n) is 12.0. The number of nitrogens with zero attached hydrogens (tertiary/aromatic N) is 1. The first-order valence-corrected chi connectivity index (χ1v) is 16.5. The van der Waals surface area contributed by atoms with E-state index in [0.29, 0.717) is 54.2 Å². The van der Waals surface area contributed by atoms with Crippen molar-refractivity contribution in [2.45, 2.75) is 63.2 Å². The van der Waals surface area contributed by atoms with Crippen LogP contribution in [0.4, 0.5) is 5.69 Å². The van der Waals surface area contributed by atoms with Crippen LogP contribution in [-0.2, 0) is 21.9 Å². The van der Waals surface area contributed by atoms with Crippen molar-refractivity contribution in [3.05, 3.63) is 64.2 Å². The van der Waals surface area contributed by atoms with Gasteiger partial charge in [-0.05, 0) is 111 Å². The van der Waals surface area contributed by atoms with E-state index in [1.165, 1.54) is 12.8 Å². The molecule has 214 valence electrons. The second kappa shape index (κ2) is 10.9. The summed E-state index contributed by atoms with van der Waals surface area (Å²) in [5, 5.41) is 10.9. The topological polar surface area (TPSA) is 95.9 Å². The SMILES string of the molecule is O=C1NS(=O)(=O)CCC/C=C\CC[C@@H]2CC[C@H]2CN2C[C@@]3(CCCc4cc(Cl)c(O)cc43)COc3ccc1cc32. The maximum absolute atomic E-state index is 13.1. The van der Waals surface area contributed by atoms with Gasteiger partial charge in [0.15, 0.2) is 0 Å². The highest BCUT2D eigenvalue weighted by Crippen LogP contribution is 2.47. The van der Waals surface area contributed by atoms with E-state index < -0.39 is 15.9 Å². The molecule has 2 heterocycles. The fourth-order valence-electron chi connectivity index (χ4n) is 7.00. The Morgan fingerprint density at radius 1 is 1.05 bits per heavy atom. The number of aromatic hydroxyl groups is 1. The van der Waals surface area contributed by atoms with E-state index in [9.17, 15) is 18.3 Å². The molecule has 2 aliphatic heterocycles. The number of fused-ring (bicyclic) bond motifs is 4. The zero-order chi connectivity index (χ0) is 27.9. The molecule has 1 amide bonds. The van der Waals surface area contributed by atoms with Crippen molar-refractivity contribution in [1.29, 1.82) is 0 Å². The van der Waals surface area contributed by atoms with Gasteiger partial charge in [0, 0.05) is 24.1 Å². The molecule has 2 aliphatic carbocycles. The summed E-state index contributed by atoms with van der Waals surface area (Å²) in [6.07, 6.45) is 12.7. The molecule has 7 nitrogen and oxygen atoms in total. The Labute approximate surface area is 241 Å². The standard InChI is InChI=1S/C31H37ClN2O5S/c32-26-15-22-8-6-13-31(25(22)17-28(26)35)19-34-18-24-10-9-21(24)7-4-2-1-3-5-14-40(37,38)33-30(36)23-11-12-29(39-20-31)27(34)16-23/h1-2,11-12,15-17,21,24,35H,3-10,13-14,18-20H2,(H,33,36)/b2-1-/t21-,24+,31+/m1/s1. The zero-order valence-electron chi connectivity index (χ0n) is 22.7. The van der Waals surface area contributed by atoms with Gasteiger partial charge in [0.05, 0.1) is 23.1 Å². The van der Waals surface area contributed by atoms with Crippen LogP contribution in [-0.4, -0.2) is 44.9 Å². The lowest BCUT2D eigenvalue weighted by Gasteiger charge is -2.44. The van der Waals surface area contributed by atoms with Crippen LogP contribution >= 0.6 is 11.6 Å². The Morgan fingerprint density at radius 2 is 1.88 bits per heavy atom. The monoisotopic (exact) mass is 584 g/mol. The van der Waals surface area contributed by atoms with Crippen molar-refractivity contribution in [3.63, 3.8) is 0 Å². The van der Waals surface area contributed by atoms with Crippen molar-refractivity contribution in [1.82, 2.24) is 4.72 Å². The Hall–Kier alpha value is -2.71. The Balaban J connectivity index is 1.40. The quantitative estimate of drug-likeness (QED) is 0.384. The first-order chi connectivity index (χ1) is 19.2. The van der Waals surface area contributed by atoms with E-state index >= 15 is 0 Å². The number of halogens is 1. The van der Waals surface area contributed by atoms with Gasteiger partial charge in [-0.3, -0.25) is 4.79 Å². The molecular weight excluding hydrogens is 548 g/mol. The highest BCUT2D eigenvalue weighted by atomic mass is 35.5. The minimum absolute atomic E-state index is 0.0830. The number of allylic oxidation sites excluding steroid dienone is 2. The first kappa shape index (κ1) is 27.5. The second-order valence-corrected chi connectivity index (χ2v) is 14.2. The lowest BCUT2D eigenvalue weighted by molar-refractivity contribution is 0.0981. The van der Waals surface area contributed by atoms with Gasteiger partial charge in [-0.2, -0.15) is 0 Å². The molecule has 0 aromatic heterocycles. The van der Waals surface area contributed by atoms with Crippen LogP contribution in [0.15, 0.2) is 42.5 Å². The molecule has 1 saturated carbocycles. The summed E-state index contributed by atoms with van der Waals surface area (Å²) < 4.78 is 34.0.